The number of nitrogens with zero attached hydrogens (tertiary/aromatic N) is 1. The molecule has 0 heterocycles. The largest absolute Gasteiger partial charge is 0.352 e. The Labute approximate surface area is 174 Å². The average molecular weight is 393 g/mol. The van der Waals surface area contributed by atoms with Crippen LogP contribution in [-0.2, 0) is 22.6 Å². The minimum atomic E-state index is -0.505. The van der Waals surface area contributed by atoms with E-state index in [-0.39, 0.29) is 17.9 Å². The van der Waals surface area contributed by atoms with E-state index in [1.807, 2.05) is 69.3 Å². The molecule has 154 valence electrons. The lowest BCUT2D eigenvalue weighted by Gasteiger charge is -2.30. The fourth-order valence-corrected chi connectivity index (χ4v) is 3.96. The van der Waals surface area contributed by atoms with Crippen LogP contribution in [-0.4, -0.2) is 28.8 Å². The first kappa shape index (κ1) is 21.1. The SMILES string of the molecule is Cc1ccc(CN(C(=O)Cc2cccc(C)c2)C(C)C(=O)NC2CCCC2)cc1. The van der Waals surface area contributed by atoms with Crippen molar-refractivity contribution in [3.8, 4) is 0 Å². The Morgan fingerprint density at radius 3 is 2.34 bits per heavy atom. The molecule has 0 spiro atoms. The van der Waals surface area contributed by atoms with Crippen molar-refractivity contribution in [1.29, 1.82) is 0 Å². The van der Waals surface area contributed by atoms with E-state index in [0.717, 1.165) is 29.5 Å². The molecule has 2 amide bonds. The van der Waals surface area contributed by atoms with Gasteiger partial charge in [0.2, 0.25) is 11.8 Å². The molecule has 1 saturated carbocycles. The van der Waals surface area contributed by atoms with Crippen molar-refractivity contribution >= 4 is 11.8 Å². The second kappa shape index (κ2) is 9.73. The molecule has 0 radical (unpaired) electrons. The maximum absolute atomic E-state index is 13.2. The highest BCUT2D eigenvalue weighted by Gasteiger charge is 2.28. The number of hydrogen-bond acceptors (Lipinski definition) is 2. The van der Waals surface area contributed by atoms with Crippen LogP contribution in [0.2, 0.25) is 0 Å². The zero-order chi connectivity index (χ0) is 20.8. The van der Waals surface area contributed by atoms with Gasteiger partial charge in [0, 0.05) is 12.6 Å². The quantitative estimate of drug-likeness (QED) is 0.763. The summed E-state index contributed by atoms with van der Waals surface area (Å²) >= 11 is 0. The Hall–Kier alpha value is -2.62. The summed E-state index contributed by atoms with van der Waals surface area (Å²) in [6.45, 7) is 6.34. The monoisotopic (exact) mass is 392 g/mol. The van der Waals surface area contributed by atoms with E-state index in [1.54, 1.807) is 4.90 Å². The molecule has 0 aliphatic heterocycles. The van der Waals surface area contributed by atoms with Crippen molar-refractivity contribution in [1.82, 2.24) is 10.2 Å². The molecule has 0 aromatic heterocycles. The summed E-state index contributed by atoms with van der Waals surface area (Å²) in [5.41, 5.74) is 4.33. The zero-order valence-electron chi connectivity index (χ0n) is 17.8. The van der Waals surface area contributed by atoms with Gasteiger partial charge in [0.05, 0.1) is 6.42 Å². The number of benzene rings is 2. The number of amides is 2. The fraction of sp³-hybridized carbons (Fsp3) is 0.440. The molecule has 2 aromatic carbocycles. The first-order valence-corrected chi connectivity index (χ1v) is 10.6. The van der Waals surface area contributed by atoms with Gasteiger partial charge < -0.3 is 10.2 Å². The van der Waals surface area contributed by atoms with E-state index in [2.05, 4.69) is 5.32 Å². The smallest absolute Gasteiger partial charge is 0.242 e. The fourth-order valence-electron chi connectivity index (χ4n) is 3.96. The molecule has 29 heavy (non-hydrogen) atoms. The standard InChI is InChI=1S/C25H32N2O2/c1-18-11-13-21(14-12-18)17-27(20(3)25(29)26-23-9-4-5-10-23)24(28)16-22-8-6-7-19(2)15-22/h6-8,11-15,20,23H,4-5,9-10,16-17H2,1-3H3,(H,26,29). The topological polar surface area (TPSA) is 49.4 Å². The van der Waals surface area contributed by atoms with Crippen molar-refractivity contribution < 1.29 is 9.59 Å². The van der Waals surface area contributed by atoms with E-state index in [0.29, 0.717) is 13.0 Å². The molecule has 4 nitrogen and oxygen atoms in total. The van der Waals surface area contributed by atoms with Crippen molar-refractivity contribution in [2.24, 2.45) is 0 Å². The maximum Gasteiger partial charge on any atom is 0.242 e. The van der Waals surface area contributed by atoms with Crippen LogP contribution >= 0.6 is 0 Å². The number of nitrogens with one attached hydrogen (secondary N) is 1. The molecule has 3 rings (SSSR count). The van der Waals surface area contributed by atoms with Gasteiger partial charge >= 0.3 is 0 Å². The first-order valence-electron chi connectivity index (χ1n) is 10.6. The van der Waals surface area contributed by atoms with Crippen LogP contribution in [0.1, 0.15) is 54.9 Å². The van der Waals surface area contributed by atoms with Crippen LogP contribution in [0, 0.1) is 13.8 Å². The minimum Gasteiger partial charge on any atom is -0.352 e. The summed E-state index contributed by atoms with van der Waals surface area (Å²) < 4.78 is 0. The number of carbonyl (C=O) groups is 2. The maximum atomic E-state index is 13.2. The molecule has 0 bridgehead atoms. The molecular weight excluding hydrogens is 360 g/mol. The highest BCUT2D eigenvalue weighted by molar-refractivity contribution is 5.88. The molecule has 0 saturated heterocycles. The van der Waals surface area contributed by atoms with Gasteiger partial charge in [-0.3, -0.25) is 9.59 Å². The predicted molar refractivity (Wildman–Crippen MR) is 116 cm³/mol. The van der Waals surface area contributed by atoms with Gasteiger partial charge in [-0.25, -0.2) is 0 Å². The van der Waals surface area contributed by atoms with E-state index in [1.165, 1.54) is 18.4 Å². The summed E-state index contributed by atoms with van der Waals surface area (Å²) in [6.07, 6.45) is 4.70. The van der Waals surface area contributed by atoms with Gasteiger partial charge in [0.25, 0.3) is 0 Å². The van der Waals surface area contributed by atoms with Gasteiger partial charge in [0.1, 0.15) is 6.04 Å². The predicted octanol–water partition coefficient (Wildman–Crippen LogP) is 4.32. The summed E-state index contributed by atoms with van der Waals surface area (Å²) in [4.78, 5) is 27.8. The number of hydrogen-bond donors (Lipinski definition) is 1. The Bertz CT molecular complexity index is 838. The molecule has 2 aromatic rings. The lowest BCUT2D eigenvalue weighted by Crippen LogP contribution is -2.50. The van der Waals surface area contributed by atoms with E-state index >= 15 is 0 Å². The lowest BCUT2D eigenvalue weighted by molar-refractivity contribution is -0.140. The number of aryl methyl sites for hydroxylation is 2. The third-order valence-electron chi connectivity index (χ3n) is 5.78. The highest BCUT2D eigenvalue weighted by Crippen LogP contribution is 2.19. The Morgan fingerprint density at radius 2 is 1.69 bits per heavy atom. The summed E-state index contributed by atoms with van der Waals surface area (Å²) in [7, 11) is 0. The third kappa shape index (κ3) is 5.93. The van der Waals surface area contributed by atoms with Crippen LogP contribution in [0.5, 0.6) is 0 Å². The molecular formula is C25H32N2O2. The van der Waals surface area contributed by atoms with E-state index in [9.17, 15) is 9.59 Å². The molecule has 1 atom stereocenters. The van der Waals surface area contributed by atoms with Crippen LogP contribution < -0.4 is 5.32 Å². The van der Waals surface area contributed by atoms with Crippen LogP contribution in [0.15, 0.2) is 48.5 Å². The van der Waals surface area contributed by atoms with E-state index < -0.39 is 6.04 Å². The summed E-state index contributed by atoms with van der Waals surface area (Å²) in [6, 6.07) is 15.9. The molecule has 1 unspecified atom stereocenters. The van der Waals surface area contributed by atoms with Gasteiger partial charge in [-0.05, 0) is 44.7 Å². The van der Waals surface area contributed by atoms with E-state index in [4.69, 9.17) is 0 Å². The van der Waals surface area contributed by atoms with Crippen molar-refractivity contribution in [2.75, 3.05) is 0 Å². The second-order valence-electron chi connectivity index (χ2n) is 8.34. The van der Waals surface area contributed by atoms with Gasteiger partial charge in [-0.2, -0.15) is 0 Å². The Morgan fingerprint density at radius 1 is 1.00 bits per heavy atom. The second-order valence-corrected chi connectivity index (χ2v) is 8.34. The van der Waals surface area contributed by atoms with Crippen LogP contribution in [0.25, 0.3) is 0 Å². The minimum absolute atomic E-state index is 0.0229. The molecule has 1 aliphatic rings. The third-order valence-corrected chi connectivity index (χ3v) is 5.78. The molecule has 1 aliphatic carbocycles. The Balaban J connectivity index is 1.76. The number of rotatable bonds is 7. The van der Waals surface area contributed by atoms with Gasteiger partial charge in [-0.1, -0.05) is 72.5 Å². The number of carbonyl (C=O) groups excluding carboxylic acids is 2. The average Bonchev–Trinajstić information content (AvgIpc) is 3.20. The highest BCUT2D eigenvalue weighted by atomic mass is 16.2. The summed E-state index contributed by atoms with van der Waals surface area (Å²) in [5.74, 6) is -0.0770. The first-order chi connectivity index (χ1) is 13.9. The van der Waals surface area contributed by atoms with Crippen molar-refractivity contribution in [2.45, 2.75) is 71.5 Å². The van der Waals surface area contributed by atoms with Crippen molar-refractivity contribution in [3.05, 3.63) is 70.8 Å². The molecule has 4 heteroatoms. The normalized spacial score (nSPS) is 15.1. The summed E-state index contributed by atoms with van der Waals surface area (Å²) in [5, 5.41) is 3.15. The van der Waals surface area contributed by atoms with Gasteiger partial charge in [-0.15, -0.1) is 0 Å². The zero-order valence-corrected chi connectivity index (χ0v) is 17.8. The van der Waals surface area contributed by atoms with Crippen LogP contribution in [0.4, 0.5) is 0 Å². The van der Waals surface area contributed by atoms with Gasteiger partial charge in [0.15, 0.2) is 0 Å². The van der Waals surface area contributed by atoms with Crippen LogP contribution in [0.3, 0.4) is 0 Å². The lowest BCUT2D eigenvalue weighted by atomic mass is 10.1. The van der Waals surface area contributed by atoms with Crippen molar-refractivity contribution in [3.63, 3.8) is 0 Å². The molecule has 1 fully saturated rings. The molecule has 1 N–H and O–H groups in total. The Kier molecular flexibility index (Phi) is 7.08.